The van der Waals surface area contributed by atoms with Gasteiger partial charge in [0.05, 0.1) is 5.69 Å². The zero-order chi connectivity index (χ0) is 13.0. The highest BCUT2D eigenvalue weighted by Gasteiger charge is 2.20. The average Bonchev–Trinajstić information content (AvgIpc) is 2.42. The molecule has 0 unspecified atom stereocenters. The number of allylic oxidation sites excluding steroid dienone is 1. The van der Waals surface area contributed by atoms with Crippen LogP contribution in [0, 0.1) is 5.92 Å². The van der Waals surface area contributed by atoms with Crippen molar-refractivity contribution in [2.24, 2.45) is 5.92 Å². The highest BCUT2D eigenvalue weighted by atomic mass is 35.5. The molecule has 18 heavy (non-hydrogen) atoms. The Kier molecular flexibility index (Phi) is 4.59. The van der Waals surface area contributed by atoms with Crippen molar-refractivity contribution in [2.75, 3.05) is 5.32 Å². The Morgan fingerprint density at radius 3 is 2.72 bits per heavy atom. The minimum absolute atomic E-state index is 0.471. The standard InChI is InChI=1S/C14H20ClN3/c1-3-10-5-7-11(8-6-10)18-14-13(15)12(4-2)16-9-17-14/h3,9-11H,1,4-8H2,2H3,(H,16,17,18). The van der Waals surface area contributed by atoms with Gasteiger partial charge in [-0.1, -0.05) is 24.6 Å². The van der Waals surface area contributed by atoms with E-state index in [0.29, 0.717) is 17.0 Å². The summed E-state index contributed by atoms with van der Waals surface area (Å²) in [6, 6.07) is 0.471. The summed E-state index contributed by atoms with van der Waals surface area (Å²) in [5, 5.41) is 4.12. The van der Waals surface area contributed by atoms with Crippen LogP contribution < -0.4 is 5.32 Å². The molecule has 3 nitrogen and oxygen atoms in total. The molecular formula is C14H20ClN3. The number of aryl methyl sites for hydroxylation is 1. The first-order valence-electron chi connectivity index (χ1n) is 6.63. The van der Waals surface area contributed by atoms with Gasteiger partial charge < -0.3 is 5.32 Å². The molecule has 1 heterocycles. The van der Waals surface area contributed by atoms with Gasteiger partial charge in [-0.15, -0.1) is 6.58 Å². The summed E-state index contributed by atoms with van der Waals surface area (Å²) in [5.41, 5.74) is 0.911. The Morgan fingerprint density at radius 1 is 1.39 bits per heavy atom. The van der Waals surface area contributed by atoms with E-state index in [4.69, 9.17) is 11.6 Å². The maximum absolute atomic E-state index is 6.28. The van der Waals surface area contributed by atoms with Gasteiger partial charge in [-0.05, 0) is 38.0 Å². The molecule has 1 aliphatic carbocycles. The van der Waals surface area contributed by atoms with Crippen molar-refractivity contribution < 1.29 is 0 Å². The van der Waals surface area contributed by atoms with Crippen LogP contribution in [0.4, 0.5) is 5.82 Å². The summed E-state index contributed by atoms with van der Waals surface area (Å²) in [6.07, 6.45) is 9.19. The highest BCUT2D eigenvalue weighted by molar-refractivity contribution is 6.33. The van der Waals surface area contributed by atoms with E-state index >= 15 is 0 Å². The molecule has 2 rings (SSSR count). The van der Waals surface area contributed by atoms with Crippen LogP contribution in [0.2, 0.25) is 5.02 Å². The van der Waals surface area contributed by atoms with E-state index in [1.807, 2.05) is 6.92 Å². The third-order valence-electron chi connectivity index (χ3n) is 3.64. The summed E-state index contributed by atoms with van der Waals surface area (Å²) in [5.74, 6) is 1.46. The predicted molar refractivity (Wildman–Crippen MR) is 76.0 cm³/mol. The summed E-state index contributed by atoms with van der Waals surface area (Å²) >= 11 is 6.28. The molecule has 0 saturated heterocycles. The van der Waals surface area contributed by atoms with Gasteiger partial charge in [-0.2, -0.15) is 0 Å². The molecule has 0 bridgehead atoms. The molecule has 0 radical (unpaired) electrons. The molecule has 0 spiro atoms. The smallest absolute Gasteiger partial charge is 0.148 e. The van der Waals surface area contributed by atoms with Crippen LogP contribution in [0.25, 0.3) is 0 Å². The fraction of sp³-hybridized carbons (Fsp3) is 0.571. The lowest BCUT2D eigenvalue weighted by atomic mass is 9.86. The first-order valence-corrected chi connectivity index (χ1v) is 7.00. The van der Waals surface area contributed by atoms with E-state index in [2.05, 4.69) is 27.9 Å². The number of hydrogen-bond donors (Lipinski definition) is 1. The van der Waals surface area contributed by atoms with E-state index in [-0.39, 0.29) is 0 Å². The Labute approximate surface area is 114 Å². The number of hydrogen-bond acceptors (Lipinski definition) is 3. The summed E-state index contributed by atoms with van der Waals surface area (Å²) in [4.78, 5) is 8.43. The fourth-order valence-corrected chi connectivity index (χ4v) is 2.73. The summed E-state index contributed by atoms with van der Waals surface area (Å²) < 4.78 is 0. The summed E-state index contributed by atoms with van der Waals surface area (Å²) in [7, 11) is 0. The van der Waals surface area contributed by atoms with Crippen molar-refractivity contribution in [3.8, 4) is 0 Å². The van der Waals surface area contributed by atoms with Crippen LogP contribution in [0.1, 0.15) is 38.3 Å². The predicted octanol–water partition coefficient (Wildman–Crippen LogP) is 3.85. The van der Waals surface area contributed by atoms with E-state index in [1.165, 1.54) is 12.8 Å². The van der Waals surface area contributed by atoms with Crippen LogP contribution in [0.5, 0.6) is 0 Å². The minimum Gasteiger partial charge on any atom is -0.366 e. The summed E-state index contributed by atoms with van der Waals surface area (Å²) in [6.45, 7) is 5.92. The first-order chi connectivity index (χ1) is 8.74. The molecule has 4 heteroatoms. The van der Waals surface area contributed by atoms with Crippen LogP contribution in [0.15, 0.2) is 19.0 Å². The van der Waals surface area contributed by atoms with Gasteiger partial charge in [0.1, 0.15) is 17.2 Å². The molecule has 1 saturated carbocycles. The number of anilines is 1. The molecule has 0 atom stereocenters. The van der Waals surface area contributed by atoms with Crippen molar-refractivity contribution >= 4 is 17.4 Å². The molecule has 1 aromatic heterocycles. The molecule has 1 N–H and O–H groups in total. The second kappa shape index (κ2) is 6.19. The lowest BCUT2D eigenvalue weighted by Crippen LogP contribution is -2.26. The topological polar surface area (TPSA) is 37.8 Å². The highest BCUT2D eigenvalue weighted by Crippen LogP contribution is 2.29. The zero-order valence-electron chi connectivity index (χ0n) is 10.8. The molecule has 1 aromatic rings. The van der Waals surface area contributed by atoms with Gasteiger partial charge in [0.25, 0.3) is 0 Å². The normalized spacial score (nSPS) is 23.7. The average molecular weight is 266 g/mol. The Balaban J connectivity index is 2.00. The quantitative estimate of drug-likeness (QED) is 0.841. The van der Waals surface area contributed by atoms with Gasteiger partial charge >= 0.3 is 0 Å². The van der Waals surface area contributed by atoms with Crippen LogP contribution in [-0.4, -0.2) is 16.0 Å². The number of nitrogens with zero attached hydrogens (tertiary/aromatic N) is 2. The molecule has 0 amide bonds. The molecule has 0 aliphatic heterocycles. The number of aromatic nitrogens is 2. The lowest BCUT2D eigenvalue weighted by Gasteiger charge is -2.28. The number of nitrogens with one attached hydrogen (secondary N) is 1. The van der Waals surface area contributed by atoms with Gasteiger partial charge in [-0.25, -0.2) is 9.97 Å². The van der Waals surface area contributed by atoms with Crippen molar-refractivity contribution in [2.45, 2.75) is 45.1 Å². The Bertz CT molecular complexity index is 412. The monoisotopic (exact) mass is 265 g/mol. The van der Waals surface area contributed by atoms with Crippen molar-refractivity contribution in [1.82, 2.24) is 9.97 Å². The Morgan fingerprint density at radius 2 is 2.11 bits per heavy atom. The number of rotatable bonds is 4. The molecule has 1 aliphatic rings. The largest absolute Gasteiger partial charge is 0.366 e. The maximum Gasteiger partial charge on any atom is 0.148 e. The van der Waals surface area contributed by atoms with Crippen molar-refractivity contribution in [3.63, 3.8) is 0 Å². The van der Waals surface area contributed by atoms with Crippen molar-refractivity contribution in [3.05, 3.63) is 29.7 Å². The van der Waals surface area contributed by atoms with Crippen LogP contribution >= 0.6 is 11.6 Å². The van der Waals surface area contributed by atoms with Crippen LogP contribution in [-0.2, 0) is 6.42 Å². The van der Waals surface area contributed by atoms with Crippen LogP contribution in [0.3, 0.4) is 0 Å². The van der Waals surface area contributed by atoms with E-state index in [1.54, 1.807) is 6.33 Å². The van der Waals surface area contributed by atoms with Gasteiger partial charge in [0.2, 0.25) is 0 Å². The first kappa shape index (κ1) is 13.3. The Hall–Kier alpha value is -1.09. The van der Waals surface area contributed by atoms with E-state index < -0.39 is 0 Å². The third kappa shape index (κ3) is 3.02. The molecule has 1 fully saturated rings. The third-order valence-corrected chi connectivity index (χ3v) is 4.04. The minimum atomic E-state index is 0.471. The molecule has 98 valence electrons. The second-order valence-electron chi connectivity index (χ2n) is 4.83. The van der Waals surface area contributed by atoms with Gasteiger partial charge in [0.15, 0.2) is 0 Å². The number of halogens is 1. The lowest BCUT2D eigenvalue weighted by molar-refractivity contribution is 0.391. The van der Waals surface area contributed by atoms with E-state index in [9.17, 15) is 0 Å². The van der Waals surface area contributed by atoms with Gasteiger partial charge in [-0.3, -0.25) is 0 Å². The van der Waals surface area contributed by atoms with Crippen molar-refractivity contribution in [1.29, 1.82) is 0 Å². The SMILES string of the molecule is C=CC1CCC(Nc2ncnc(CC)c2Cl)CC1. The molecule has 0 aromatic carbocycles. The van der Waals surface area contributed by atoms with E-state index in [0.717, 1.165) is 30.8 Å². The molecular weight excluding hydrogens is 246 g/mol. The fourth-order valence-electron chi connectivity index (χ4n) is 2.45. The van der Waals surface area contributed by atoms with Gasteiger partial charge in [0, 0.05) is 6.04 Å². The maximum atomic E-state index is 6.28. The second-order valence-corrected chi connectivity index (χ2v) is 5.21. The zero-order valence-corrected chi connectivity index (χ0v) is 11.6.